The maximum atomic E-state index is 9.79. The summed E-state index contributed by atoms with van der Waals surface area (Å²) in [4.78, 5) is 0. The molecular weight excluding hydrogens is 151 g/mol. The van der Waals surface area contributed by atoms with E-state index in [0.717, 1.165) is 0 Å². The van der Waals surface area contributed by atoms with Gasteiger partial charge in [-0.25, -0.2) is 4.21 Å². The fraction of sp³-hybridized carbons (Fsp3) is 1.00. The minimum Gasteiger partial charge on any atom is -0.750 e. The van der Waals surface area contributed by atoms with Gasteiger partial charge in [0.1, 0.15) is 0 Å². The molecule has 0 aromatic heterocycles. The van der Waals surface area contributed by atoms with Crippen LogP contribution in [0.25, 0.3) is 0 Å². The largest absolute Gasteiger partial charge is 1.00 e. The summed E-state index contributed by atoms with van der Waals surface area (Å²) in [5, 5.41) is 0. The van der Waals surface area contributed by atoms with E-state index in [9.17, 15) is 8.76 Å². The Kier molecular flexibility index (Phi) is 6.81. The average Bonchev–Trinajstić information content (AvgIpc) is 1.21. The minimum atomic E-state index is -2.39. The van der Waals surface area contributed by atoms with Gasteiger partial charge in [0.05, 0.1) is 17.0 Å². The van der Waals surface area contributed by atoms with Crippen LogP contribution in [0.15, 0.2) is 0 Å². The summed E-state index contributed by atoms with van der Waals surface area (Å²) in [6.45, 7) is 5.01. The molecule has 0 heterocycles. The minimum absolute atomic E-state index is 0. The Labute approximate surface area is 79.9 Å². The number of hydrogen-bond donors (Lipinski definition) is 0. The first-order chi connectivity index (χ1) is 3.42. The molecular formula is C4H9NaO3S. The Balaban J connectivity index is 0. The van der Waals surface area contributed by atoms with Crippen molar-refractivity contribution in [3.05, 3.63) is 0 Å². The third-order valence-corrected chi connectivity index (χ3v) is 0.954. The quantitative estimate of drug-likeness (QED) is 0.317. The van der Waals surface area contributed by atoms with Gasteiger partial charge in [-0.05, 0) is 20.8 Å². The summed E-state index contributed by atoms with van der Waals surface area (Å²) >= 11 is -2.39. The molecule has 0 N–H and O–H groups in total. The van der Waals surface area contributed by atoms with E-state index in [1.54, 1.807) is 20.8 Å². The molecule has 0 aromatic carbocycles. The average molecular weight is 160 g/mol. The second kappa shape index (κ2) is 4.82. The van der Waals surface area contributed by atoms with Gasteiger partial charge in [-0.1, -0.05) is 0 Å². The van der Waals surface area contributed by atoms with Gasteiger partial charge >= 0.3 is 29.6 Å². The van der Waals surface area contributed by atoms with Crippen molar-refractivity contribution < 1.29 is 42.5 Å². The molecule has 0 aromatic rings. The van der Waals surface area contributed by atoms with Gasteiger partial charge in [-0.3, -0.25) is 4.18 Å². The SMILES string of the molecule is CC(C)(C)OS(=O)[O-].[Na+]. The zero-order chi connectivity index (χ0) is 6.78. The van der Waals surface area contributed by atoms with Crippen LogP contribution < -0.4 is 29.6 Å². The monoisotopic (exact) mass is 160 g/mol. The van der Waals surface area contributed by atoms with Crippen molar-refractivity contribution in [3.8, 4) is 0 Å². The topological polar surface area (TPSA) is 49.4 Å². The molecule has 50 valence electrons. The van der Waals surface area contributed by atoms with Crippen LogP contribution in [-0.2, 0) is 15.5 Å². The molecule has 0 aliphatic heterocycles. The van der Waals surface area contributed by atoms with E-state index in [1.165, 1.54) is 0 Å². The molecule has 9 heavy (non-hydrogen) atoms. The van der Waals surface area contributed by atoms with Crippen LogP contribution in [0.5, 0.6) is 0 Å². The van der Waals surface area contributed by atoms with E-state index >= 15 is 0 Å². The molecule has 0 fully saturated rings. The molecule has 0 rings (SSSR count). The van der Waals surface area contributed by atoms with Crippen molar-refractivity contribution in [2.75, 3.05) is 0 Å². The predicted molar refractivity (Wildman–Crippen MR) is 29.8 cm³/mol. The Hall–Kier alpha value is 1.07. The molecule has 1 unspecified atom stereocenters. The Morgan fingerprint density at radius 2 is 1.78 bits per heavy atom. The maximum absolute atomic E-state index is 9.79. The first-order valence-electron chi connectivity index (χ1n) is 2.20. The van der Waals surface area contributed by atoms with E-state index in [0.29, 0.717) is 0 Å². The number of hydrogen-bond acceptors (Lipinski definition) is 3. The van der Waals surface area contributed by atoms with Gasteiger partial charge in [0, 0.05) is 0 Å². The fourth-order valence-electron chi connectivity index (χ4n) is 0.204. The van der Waals surface area contributed by atoms with Crippen molar-refractivity contribution in [2.24, 2.45) is 0 Å². The van der Waals surface area contributed by atoms with Crippen LogP contribution >= 0.6 is 0 Å². The summed E-state index contributed by atoms with van der Waals surface area (Å²) in [5.41, 5.74) is -0.591. The molecule has 0 bridgehead atoms. The van der Waals surface area contributed by atoms with Gasteiger partial charge in [-0.2, -0.15) is 0 Å². The molecule has 0 saturated heterocycles. The molecule has 0 amide bonds. The summed E-state index contributed by atoms with van der Waals surface area (Å²) in [7, 11) is 0. The standard InChI is InChI=1S/C4H10O3S.Na/c1-4(2,3)7-8(5)6;/h1-3H3,(H,5,6);/q;+1/p-1. The second-order valence-electron chi connectivity index (χ2n) is 2.40. The molecule has 0 aliphatic carbocycles. The number of rotatable bonds is 1. The van der Waals surface area contributed by atoms with Crippen LogP contribution in [0, 0.1) is 0 Å². The molecule has 3 nitrogen and oxygen atoms in total. The molecule has 0 radical (unpaired) electrons. The van der Waals surface area contributed by atoms with Crippen molar-refractivity contribution in [1.29, 1.82) is 0 Å². The maximum Gasteiger partial charge on any atom is 1.00 e. The first-order valence-corrected chi connectivity index (χ1v) is 3.20. The molecule has 0 saturated carbocycles. The predicted octanol–water partition coefficient (Wildman–Crippen LogP) is -2.40. The van der Waals surface area contributed by atoms with Crippen molar-refractivity contribution in [2.45, 2.75) is 26.4 Å². The van der Waals surface area contributed by atoms with Crippen LogP contribution in [0.3, 0.4) is 0 Å². The molecule has 5 heteroatoms. The third-order valence-electron chi connectivity index (χ3n) is 0.318. The van der Waals surface area contributed by atoms with E-state index in [4.69, 9.17) is 0 Å². The zero-order valence-corrected chi connectivity index (χ0v) is 8.95. The third kappa shape index (κ3) is 12.3. The second-order valence-corrected chi connectivity index (χ2v) is 2.97. The van der Waals surface area contributed by atoms with E-state index in [2.05, 4.69) is 4.18 Å². The van der Waals surface area contributed by atoms with E-state index < -0.39 is 17.0 Å². The van der Waals surface area contributed by atoms with Crippen LogP contribution in [0.1, 0.15) is 20.8 Å². The van der Waals surface area contributed by atoms with Gasteiger partial charge in [0.25, 0.3) is 0 Å². The van der Waals surface area contributed by atoms with Crippen molar-refractivity contribution in [1.82, 2.24) is 0 Å². The molecule has 0 spiro atoms. The zero-order valence-electron chi connectivity index (χ0n) is 6.13. The van der Waals surface area contributed by atoms with Crippen molar-refractivity contribution in [3.63, 3.8) is 0 Å². The Morgan fingerprint density at radius 3 is 1.78 bits per heavy atom. The summed E-state index contributed by atoms with van der Waals surface area (Å²) in [6, 6.07) is 0. The smallest absolute Gasteiger partial charge is 0.750 e. The Morgan fingerprint density at radius 1 is 1.44 bits per heavy atom. The van der Waals surface area contributed by atoms with Gasteiger partial charge < -0.3 is 4.55 Å². The normalized spacial score (nSPS) is 14.2. The summed E-state index contributed by atoms with van der Waals surface area (Å²) in [5.74, 6) is 0. The molecule has 1 atom stereocenters. The summed E-state index contributed by atoms with van der Waals surface area (Å²) < 4.78 is 23.9. The summed E-state index contributed by atoms with van der Waals surface area (Å²) in [6.07, 6.45) is 0. The van der Waals surface area contributed by atoms with Gasteiger partial charge in [-0.15, -0.1) is 0 Å². The van der Waals surface area contributed by atoms with Crippen molar-refractivity contribution >= 4 is 11.4 Å². The van der Waals surface area contributed by atoms with E-state index in [-0.39, 0.29) is 29.6 Å². The van der Waals surface area contributed by atoms with Gasteiger partial charge in [0.15, 0.2) is 0 Å². The van der Waals surface area contributed by atoms with Crippen LogP contribution in [0.4, 0.5) is 0 Å². The van der Waals surface area contributed by atoms with Crippen LogP contribution in [-0.4, -0.2) is 14.4 Å². The van der Waals surface area contributed by atoms with Crippen LogP contribution in [0.2, 0.25) is 0 Å². The van der Waals surface area contributed by atoms with Gasteiger partial charge in [0.2, 0.25) is 0 Å². The fourth-order valence-corrected chi connectivity index (χ4v) is 0.612. The first kappa shape index (κ1) is 12.7. The Bertz CT molecular complexity index is 98.5. The van der Waals surface area contributed by atoms with E-state index in [1.807, 2.05) is 0 Å². The molecule has 0 aliphatic rings.